The van der Waals surface area contributed by atoms with Gasteiger partial charge < -0.3 is 5.32 Å². The van der Waals surface area contributed by atoms with Gasteiger partial charge >= 0.3 is 12.1 Å². The zero-order valence-corrected chi connectivity index (χ0v) is 8.93. The molecule has 1 N–H and O–H groups in total. The summed E-state index contributed by atoms with van der Waals surface area (Å²) in [5.41, 5.74) is 1.53. The van der Waals surface area contributed by atoms with Gasteiger partial charge in [0.05, 0.1) is 6.04 Å². The first kappa shape index (κ1) is 12.5. The first-order valence-electron chi connectivity index (χ1n) is 4.75. The van der Waals surface area contributed by atoms with Crippen molar-refractivity contribution in [3.05, 3.63) is 35.4 Å². The van der Waals surface area contributed by atoms with Gasteiger partial charge in [0, 0.05) is 0 Å². The fourth-order valence-corrected chi connectivity index (χ4v) is 1.43. The zero-order chi connectivity index (χ0) is 12.3. The average Bonchev–Trinajstić information content (AvgIpc) is 2.16. The first-order chi connectivity index (χ1) is 7.32. The van der Waals surface area contributed by atoms with Crippen LogP contribution in [0.1, 0.15) is 24.1 Å². The summed E-state index contributed by atoms with van der Waals surface area (Å²) in [5.74, 6) is -1.91. The standard InChI is InChI=1S/C11H12F3NO/c1-7-5-3-4-6-9(7)8(2)15-10(16)11(12,13)14/h3-6,8H,1-2H3,(H,15,16)/t8-/m0/s1. The molecule has 5 heteroatoms. The topological polar surface area (TPSA) is 29.1 Å². The molecule has 1 atom stereocenters. The maximum absolute atomic E-state index is 12.0. The number of carbonyl (C=O) groups is 1. The maximum Gasteiger partial charge on any atom is 0.471 e. The Morgan fingerprint density at radius 1 is 1.31 bits per heavy atom. The van der Waals surface area contributed by atoms with Crippen LogP contribution in [0, 0.1) is 6.92 Å². The number of nitrogens with one attached hydrogen (secondary N) is 1. The second-order valence-corrected chi connectivity index (χ2v) is 3.55. The third-order valence-corrected chi connectivity index (χ3v) is 2.26. The van der Waals surface area contributed by atoms with Gasteiger partial charge in [0.2, 0.25) is 0 Å². The lowest BCUT2D eigenvalue weighted by Crippen LogP contribution is -2.38. The summed E-state index contributed by atoms with van der Waals surface area (Å²) in [6, 6.07) is 6.33. The van der Waals surface area contributed by atoms with Crippen LogP contribution < -0.4 is 5.32 Å². The number of aryl methyl sites for hydroxylation is 1. The Morgan fingerprint density at radius 3 is 2.38 bits per heavy atom. The average molecular weight is 231 g/mol. The van der Waals surface area contributed by atoms with Crippen molar-refractivity contribution in [1.29, 1.82) is 0 Å². The molecule has 0 unspecified atom stereocenters. The van der Waals surface area contributed by atoms with Crippen LogP contribution >= 0.6 is 0 Å². The Bertz CT molecular complexity index is 387. The number of halogens is 3. The van der Waals surface area contributed by atoms with Gasteiger partial charge in [-0.15, -0.1) is 0 Å². The molecule has 1 amide bonds. The van der Waals surface area contributed by atoms with Gasteiger partial charge in [0.15, 0.2) is 0 Å². The quantitative estimate of drug-likeness (QED) is 0.833. The summed E-state index contributed by atoms with van der Waals surface area (Å²) in [4.78, 5) is 10.7. The highest BCUT2D eigenvalue weighted by molar-refractivity contribution is 5.82. The van der Waals surface area contributed by atoms with Crippen molar-refractivity contribution in [1.82, 2.24) is 5.32 Å². The molecule has 88 valence electrons. The number of rotatable bonds is 2. The normalized spacial score (nSPS) is 13.3. The van der Waals surface area contributed by atoms with Crippen molar-refractivity contribution in [2.75, 3.05) is 0 Å². The minimum absolute atomic E-state index is 0.657. The lowest BCUT2D eigenvalue weighted by atomic mass is 10.0. The van der Waals surface area contributed by atoms with Crippen LogP contribution in [-0.4, -0.2) is 12.1 Å². The molecule has 1 aromatic rings. The second kappa shape index (κ2) is 4.55. The monoisotopic (exact) mass is 231 g/mol. The van der Waals surface area contributed by atoms with E-state index in [1.807, 2.05) is 5.32 Å². The van der Waals surface area contributed by atoms with Gasteiger partial charge in [0.1, 0.15) is 0 Å². The fraction of sp³-hybridized carbons (Fsp3) is 0.364. The molecule has 0 fully saturated rings. The lowest BCUT2D eigenvalue weighted by Gasteiger charge is -2.17. The first-order valence-corrected chi connectivity index (χ1v) is 4.75. The number of carbonyl (C=O) groups excluding carboxylic acids is 1. The van der Waals surface area contributed by atoms with E-state index in [0.29, 0.717) is 5.56 Å². The fourth-order valence-electron chi connectivity index (χ4n) is 1.43. The van der Waals surface area contributed by atoms with E-state index >= 15 is 0 Å². The third-order valence-electron chi connectivity index (χ3n) is 2.26. The van der Waals surface area contributed by atoms with Crippen molar-refractivity contribution in [3.8, 4) is 0 Å². The minimum Gasteiger partial charge on any atom is -0.342 e. The highest BCUT2D eigenvalue weighted by Crippen LogP contribution is 2.20. The van der Waals surface area contributed by atoms with Gasteiger partial charge in [-0.1, -0.05) is 24.3 Å². The predicted octanol–water partition coefficient (Wildman–Crippen LogP) is 2.73. The van der Waals surface area contributed by atoms with E-state index in [1.165, 1.54) is 6.92 Å². The van der Waals surface area contributed by atoms with E-state index in [0.717, 1.165) is 5.56 Å². The maximum atomic E-state index is 12.0. The zero-order valence-electron chi connectivity index (χ0n) is 8.93. The van der Waals surface area contributed by atoms with Gasteiger partial charge in [-0.05, 0) is 25.0 Å². The van der Waals surface area contributed by atoms with Crippen LogP contribution in [-0.2, 0) is 4.79 Å². The van der Waals surface area contributed by atoms with Crippen molar-refractivity contribution < 1.29 is 18.0 Å². The minimum atomic E-state index is -4.84. The summed E-state index contributed by atoms with van der Waals surface area (Å²) in [5, 5.41) is 1.91. The van der Waals surface area contributed by atoms with Gasteiger partial charge in [0.25, 0.3) is 0 Å². The number of benzene rings is 1. The number of amides is 1. The molecular formula is C11H12F3NO. The van der Waals surface area contributed by atoms with Crippen LogP contribution in [0.4, 0.5) is 13.2 Å². The SMILES string of the molecule is Cc1ccccc1[C@H](C)NC(=O)C(F)(F)F. The van der Waals surface area contributed by atoms with Crippen molar-refractivity contribution in [2.45, 2.75) is 26.1 Å². The highest BCUT2D eigenvalue weighted by atomic mass is 19.4. The van der Waals surface area contributed by atoms with Crippen LogP contribution in [0.3, 0.4) is 0 Å². The van der Waals surface area contributed by atoms with Crippen LogP contribution in [0.5, 0.6) is 0 Å². The molecular weight excluding hydrogens is 219 g/mol. The largest absolute Gasteiger partial charge is 0.471 e. The van der Waals surface area contributed by atoms with Crippen molar-refractivity contribution in [2.24, 2.45) is 0 Å². The van der Waals surface area contributed by atoms with E-state index in [9.17, 15) is 18.0 Å². The van der Waals surface area contributed by atoms with Gasteiger partial charge in [-0.25, -0.2) is 0 Å². The summed E-state index contributed by atoms with van der Waals surface area (Å²) < 4.78 is 36.0. The Kier molecular flexibility index (Phi) is 3.57. The number of hydrogen-bond donors (Lipinski definition) is 1. The van der Waals surface area contributed by atoms with E-state index in [2.05, 4.69) is 0 Å². The second-order valence-electron chi connectivity index (χ2n) is 3.55. The Labute approximate surface area is 91.5 Å². The summed E-state index contributed by atoms with van der Waals surface area (Å²) in [6.07, 6.45) is -4.84. The molecule has 1 aromatic carbocycles. The van der Waals surface area contributed by atoms with Crippen LogP contribution in [0.25, 0.3) is 0 Å². The third kappa shape index (κ3) is 2.98. The summed E-state index contributed by atoms with van der Waals surface area (Å²) >= 11 is 0. The molecule has 0 heterocycles. The van der Waals surface area contributed by atoms with Crippen molar-refractivity contribution in [3.63, 3.8) is 0 Å². The molecule has 0 aliphatic carbocycles. The summed E-state index contributed by atoms with van der Waals surface area (Å²) in [6.45, 7) is 3.30. The molecule has 16 heavy (non-hydrogen) atoms. The molecule has 0 radical (unpaired) electrons. The highest BCUT2D eigenvalue weighted by Gasteiger charge is 2.39. The van der Waals surface area contributed by atoms with E-state index in [4.69, 9.17) is 0 Å². The smallest absolute Gasteiger partial charge is 0.342 e. The van der Waals surface area contributed by atoms with Gasteiger partial charge in [-0.2, -0.15) is 13.2 Å². The Hall–Kier alpha value is -1.52. The molecule has 1 rings (SSSR count). The number of alkyl halides is 3. The predicted molar refractivity (Wildman–Crippen MR) is 53.8 cm³/mol. The Morgan fingerprint density at radius 2 is 1.88 bits per heavy atom. The van der Waals surface area contributed by atoms with Crippen molar-refractivity contribution >= 4 is 5.91 Å². The number of hydrogen-bond acceptors (Lipinski definition) is 1. The molecule has 2 nitrogen and oxygen atoms in total. The molecule has 0 aromatic heterocycles. The van der Waals surface area contributed by atoms with E-state index in [-0.39, 0.29) is 0 Å². The van der Waals surface area contributed by atoms with Gasteiger partial charge in [-0.3, -0.25) is 4.79 Å². The molecule has 0 spiro atoms. The lowest BCUT2D eigenvalue weighted by molar-refractivity contribution is -0.174. The molecule has 0 bridgehead atoms. The molecule has 0 aliphatic rings. The summed E-state index contributed by atoms with van der Waals surface area (Å²) in [7, 11) is 0. The molecule has 0 aliphatic heterocycles. The Balaban J connectivity index is 2.78. The van der Waals surface area contributed by atoms with Crippen LogP contribution in [0.15, 0.2) is 24.3 Å². The molecule has 0 saturated carbocycles. The van der Waals surface area contributed by atoms with Crippen LogP contribution in [0.2, 0.25) is 0 Å². The molecule has 0 saturated heterocycles. The van der Waals surface area contributed by atoms with E-state index in [1.54, 1.807) is 31.2 Å². The van der Waals surface area contributed by atoms with E-state index < -0.39 is 18.1 Å².